The van der Waals surface area contributed by atoms with Gasteiger partial charge in [-0.15, -0.1) is 0 Å². The highest BCUT2D eigenvalue weighted by atomic mass is 35.5. The molecule has 1 heterocycles. The van der Waals surface area contributed by atoms with Crippen LogP contribution in [-0.2, 0) is 4.79 Å². The van der Waals surface area contributed by atoms with Crippen molar-refractivity contribution in [3.8, 4) is 0 Å². The number of nitrogens with two attached hydrogens (primary N) is 1. The van der Waals surface area contributed by atoms with Crippen LogP contribution in [0.5, 0.6) is 0 Å². The number of amides is 1. The standard InChI is InChI=1S/C13H15ClN2O3/c1-7-4-5-16(11(7)13(18)19)10-6-8(14)2-3-9(10)12(15)17/h2-3,6-7,11H,4-5H2,1H3,(H2,15,17)(H,18,19). The third-order valence-electron chi connectivity index (χ3n) is 3.49. The van der Waals surface area contributed by atoms with Crippen LogP contribution in [0.25, 0.3) is 0 Å². The summed E-state index contributed by atoms with van der Waals surface area (Å²) in [7, 11) is 0. The lowest BCUT2D eigenvalue weighted by Crippen LogP contribution is -2.40. The van der Waals surface area contributed by atoms with Crippen LogP contribution in [0, 0.1) is 5.92 Å². The van der Waals surface area contributed by atoms with Crippen molar-refractivity contribution in [2.24, 2.45) is 11.7 Å². The topological polar surface area (TPSA) is 83.6 Å². The Bertz CT molecular complexity index is 533. The van der Waals surface area contributed by atoms with Crippen molar-refractivity contribution in [2.75, 3.05) is 11.4 Å². The second kappa shape index (κ2) is 5.09. The molecule has 0 spiro atoms. The van der Waals surface area contributed by atoms with E-state index in [9.17, 15) is 14.7 Å². The fourth-order valence-corrected chi connectivity index (χ4v) is 2.71. The van der Waals surface area contributed by atoms with Crippen LogP contribution in [0.15, 0.2) is 18.2 Å². The Labute approximate surface area is 116 Å². The maximum atomic E-state index is 11.5. The summed E-state index contributed by atoms with van der Waals surface area (Å²) in [4.78, 5) is 24.5. The Balaban J connectivity index is 2.48. The van der Waals surface area contributed by atoms with Crippen molar-refractivity contribution in [1.82, 2.24) is 0 Å². The van der Waals surface area contributed by atoms with Gasteiger partial charge in [-0.25, -0.2) is 4.79 Å². The number of rotatable bonds is 3. The van der Waals surface area contributed by atoms with Crippen LogP contribution in [-0.4, -0.2) is 29.6 Å². The van der Waals surface area contributed by atoms with Gasteiger partial charge in [0.2, 0.25) is 0 Å². The van der Waals surface area contributed by atoms with Gasteiger partial charge in [-0.2, -0.15) is 0 Å². The van der Waals surface area contributed by atoms with Gasteiger partial charge in [0.25, 0.3) is 5.91 Å². The number of hydrogen-bond acceptors (Lipinski definition) is 3. The molecule has 5 nitrogen and oxygen atoms in total. The molecular weight excluding hydrogens is 268 g/mol. The van der Waals surface area contributed by atoms with Gasteiger partial charge in [0.15, 0.2) is 0 Å². The highest BCUT2D eigenvalue weighted by Crippen LogP contribution is 2.33. The lowest BCUT2D eigenvalue weighted by molar-refractivity contribution is -0.139. The molecule has 2 unspecified atom stereocenters. The van der Waals surface area contributed by atoms with E-state index in [4.69, 9.17) is 17.3 Å². The van der Waals surface area contributed by atoms with Gasteiger partial charge < -0.3 is 15.7 Å². The number of halogens is 1. The minimum absolute atomic E-state index is 0.0113. The number of carboxylic acids is 1. The second-order valence-electron chi connectivity index (χ2n) is 4.77. The molecule has 1 saturated heterocycles. The molecule has 1 aromatic rings. The maximum Gasteiger partial charge on any atom is 0.326 e. The quantitative estimate of drug-likeness (QED) is 0.884. The summed E-state index contributed by atoms with van der Waals surface area (Å²) in [5.74, 6) is -1.48. The maximum absolute atomic E-state index is 11.5. The van der Waals surface area contributed by atoms with Gasteiger partial charge in [-0.3, -0.25) is 4.79 Å². The van der Waals surface area contributed by atoms with Crippen molar-refractivity contribution >= 4 is 29.2 Å². The van der Waals surface area contributed by atoms with Gasteiger partial charge in [0, 0.05) is 11.6 Å². The minimum Gasteiger partial charge on any atom is -0.480 e. The number of carboxylic acid groups (broad SMARTS) is 1. The first-order valence-electron chi connectivity index (χ1n) is 6.00. The summed E-state index contributed by atoms with van der Waals surface area (Å²) in [5.41, 5.74) is 6.13. The van der Waals surface area contributed by atoms with Gasteiger partial charge in [-0.1, -0.05) is 18.5 Å². The molecule has 1 aromatic carbocycles. The number of aliphatic carboxylic acids is 1. The summed E-state index contributed by atoms with van der Waals surface area (Å²) in [6.45, 7) is 2.45. The number of carbonyl (C=O) groups excluding carboxylic acids is 1. The number of hydrogen-bond donors (Lipinski definition) is 2. The molecule has 102 valence electrons. The molecule has 0 aliphatic carbocycles. The summed E-state index contributed by atoms with van der Waals surface area (Å²) < 4.78 is 0. The summed E-state index contributed by atoms with van der Waals surface area (Å²) in [6, 6.07) is 4.04. The van der Waals surface area contributed by atoms with Crippen molar-refractivity contribution in [3.05, 3.63) is 28.8 Å². The molecule has 0 radical (unpaired) electrons. The first-order valence-corrected chi connectivity index (χ1v) is 6.38. The lowest BCUT2D eigenvalue weighted by Gasteiger charge is -2.27. The molecule has 1 amide bonds. The smallest absolute Gasteiger partial charge is 0.326 e. The van der Waals surface area contributed by atoms with Crippen molar-refractivity contribution in [1.29, 1.82) is 0 Å². The SMILES string of the molecule is CC1CCN(c2cc(Cl)ccc2C(N)=O)C1C(=O)O. The highest BCUT2D eigenvalue weighted by molar-refractivity contribution is 6.31. The van der Waals surface area contributed by atoms with E-state index in [2.05, 4.69) is 0 Å². The average molecular weight is 283 g/mol. The summed E-state index contributed by atoms with van der Waals surface area (Å²) in [5, 5.41) is 9.77. The molecular formula is C13H15ClN2O3. The fraction of sp³-hybridized carbons (Fsp3) is 0.385. The van der Waals surface area contributed by atoms with Crippen LogP contribution < -0.4 is 10.6 Å². The van der Waals surface area contributed by atoms with E-state index in [0.717, 1.165) is 6.42 Å². The number of anilines is 1. The predicted octanol–water partition coefficient (Wildman–Crippen LogP) is 1.74. The number of primary amides is 1. The molecule has 6 heteroatoms. The monoisotopic (exact) mass is 282 g/mol. The first kappa shape index (κ1) is 13.7. The Hall–Kier alpha value is -1.75. The predicted molar refractivity (Wildman–Crippen MR) is 72.5 cm³/mol. The van der Waals surface area contributed by atoms with Crippen LogP contribution in [0.4, 0.5) is 5.69 Å². The van der Waals surface area contributed by atoms with E-state index in [1.54, 1.807) is 17.0 Å². The number of carbonyl (C=O) groups is 2. The summed E-state index contributed by atoms with van der Waals surface area (Å²) in [6.07, 6.45) is 0.752. The van der Waals surface area contributed by atoms with Crippen LogP contribution in [0.2, 0.25) is 5.02 Å². The van der Waals surface area contributed by atoms with Gasteiger partial charge in [-0.05, 0) is 30.5 Å². The Morgan fingerprint density at radius 3 is 2.74 bits per heavy atom. The molecule has 1 aliphatic heterocycles. The van der Waals surface area contributed by atoms with Gasteiger partial charge >= 0.3 is 5.97 Å². The molecule has 0 aromatic heterocycles. The van der Waals surface area contributed by atoms with E-state index >= 15 is 0 Å². The van der Waals surface area contributed by atoms with Crippen molar-refractivity contribution in [3.63, 3.8) is 0 Å². The summed E-state index contributed by atoms with van der Waals surface area (Å²) >= 11 is 5.94. The van der Waals surface area contributed by atoms with Crippen LogP contribution >= 0.6 is 11.6 Å². The van der Waals surface area contributed by atoms with Crippen LogP contribution in [0.1, 0.15) is 23.7 Å². The zero-order valence-corrected chi connectivity index (χ0v) is 11.2. The van der Waals surface area contributed by atoms with Crippen LogP contribution in [0.3, 0.4) is 0 Å². The molecule has 19 heavy (non-hydrogen) atoms. The third kappa shape index (κ3) is 2.51. The number of benzene rings is 1. The molecule has 0 saturated carbocycles. The second-order valence-corrected chi connectivity index (χ2v) is 5.20. The zero-order valence-electron chi connectivity index (χ0n) is 10.5. The number of nitrogens with zero attached hydrogens (tertiary/aromatic N) is 1. The first-order chi connectivity index (χ1) is 8.91. The van der Waals surface area contributed by atoms with E-state index in [1.807, 2.05) is 6.92 Å². The largest absolute Gasteiger partial charge is 0.480 e. The Morgan fingerprint density at radius 2 is 2.16 bits per heavy atom. The normalized spacial score (nSPS) is 22.5. The van der Waals surface area contributed by atoms with E-state index in [1.165, 1.54) is 6.07 Å². The lowest BCUT2D eigenvalue weighted by atomic mass is 10.0. The van der Waals surface area contributed by atoms with E-state index in [0.29, 0.717) is 22.8 Å². The molecule has 3 N–H and O–H groups in total. The van der Waals surface area contributed by atoms with Gasteiger partial charge in [0.05, 0.1) is 11.3 Å². The molecule has 2 rings (SSSR count). The Morgan fingerprint density at radius 1 is 1.47 bits per heavy atom. The molecule has 1 fully saturated rings. The highest BCUT2D eigenvalue weighted by Gasteiger charge is 2.38. The van der Waals surface area contributed by atoms with Crippen molar-refractivity contribution in [2.45, 2.75) is 19.4 Å². The zero-order chi connectivity index (χ0) is 14.2. The Kier molecular flexibility index (Phi) is 3.66. The minimum atomic E-state index is -0.902. The molecule has 0 bridgehead atoms. The van der Waals surface area contributed by atoms with Crippen molar-refractivity contribution < 1.29 is 14.7 Å². The molecule has 2 atom stereocenters. The van der Waals surface area contributed by atoms with Gasteiger partial charge in [0.1, 0.15) is 6.04 Å². The molecule has 1 aliphatic rings. The average Bonchev–Trinajstić information content (AvgIpc) is 2.70. The third-order valence-corrected chi connectivity index (χ3v) is 3.72. The fourth-order valence-electron chi connectivity index (χ4n) is 2.54. The van der Waals surface area contributed by atoms with E-state index in [-0.39, 0.29) is 5.92 Å². The van der Waals surface area contributed by atoms with E-state index < -0.39 is 17.9 Å².